The van der Waals surface area contributed by atoms with Crippen LogP contribution in [0.2, 0.25) is 0 Å². The van der Waals surface area contributed by atoms with E-state index in [9.17, 15) is 0 Å². The van der Waals surface area contributed by atoms with E-state index in [4.69, 9.17) is 16.0 Å². The minimum atomic E-state index is -0.232. The standard InChI is InChI=1S/C6H12N4O/c7-6(9-8)10-3-1-5(11)2-4-10/h5,7-8,11H,1-4H2. The van der Waals surface area contributed by atoms with Crippen molar-refractivity contribution in [3.63, 3.8) is 0 Å². The fourth-order valence-corrected chi connectivity index (χ4v) is 1.15. The van der Waals surface area contributed by atoms with Gasteiger partial charge in [0.15, 0.2) is 0 Å². The average molecular weight is 156 g/mol. The van der Waals surface area contributed by atoms with Crippen molar-refractivity contribution in [2.75, 3.05) is 13.1 Å². The fraction of sp³-hybridized carbons (Fsp3) is 0.833. The van der Waals surface area contributed by atoms with Crippen LogP contribution in [-0.2, 0) is 0 Å². The zero-order chi connectivity index (χ0) is 8.27. The maximum absolute atomic E-state index is 9.11. The number of aliphatic hydroxyl groups excluding tert-OH is 1. The van der Waals surface area contributed by atoms with Gasteiger partial charge in [0.2, 0.25) is 5.96 Å². The molecule has 1 aliphatic rings. The van der Waals surface area contributed by atoms with E-state index in [1.807, 2.05) is 0 Å². The van der Waals surface area contributed by atoms with E-state index in [0.29, 0.717) is 25.9 Å². The number of nitrogens with zero attached hydrogens (tertiary/aromatic N) is 2. The smallest absolute Gasteiger partial charge is 0.237 e. The van der Waals surface area contributed by atoms with Gasteiger partial charge < -0.3 is 10.0 Å². The van der Waals surface area contributed by atoms with Gasteiger partial charge in [-0.1, -0.05) is 0 Å². The molecule has 62 valence electrons. The summed E-state index contributed by atoms with van der Waals surface area (Å²) in [5.74, 6) is -0.00287. The highest BCUT2D eigenvalue weighted by atomic mass is 16.3. The summed E-state index contributed by atoms with van der Waals surface area (Å²) in [7, 11) is 0. The van der Waals surface area contributed by atoms with Crippen molar-refractivity contribution in [2.24, 2.45) is 5.11 Å². The van der Waals surface area contributed by atoms with E-state index in [0.717, 1.165) is 0 Å². The van der Waals surface area contributed by atoms with Gasteiger partial charge in [0.05, 0.1) is 6.10 Å². The SMILES string of the molecule is N=NC(=N)N1CCC(O)CC1. The van der Waals surface area contributed by atoms with Crippen molar-refractivity contribution >= 4 is 5.96 Å². The molecule has 0 aliphatic carbocycles. The Morgan fingerprint density at radius 3 is 2.45 bits per heavy atom. The summed E-state index contributed by atoms with van der Waals surface area (Å²) in [5, 5.41) is 19.3. The van der Waals surface area contributed by atoms with Crippen molar-refractivity contribution in [1.29, 1.82) is 10.9 Å². The van der Waals surface area contributed by atoms with Crippen LogP contribution < -0.4 is 0 Å². The van der Waals surface area contributed by atoms with Crippen LogP contribution >= 0.6 is 0 Å². The van der Waals surface area contributed by atoms with E-state index < -0.39 is 0 Å². The molecule has 0 bridgehead atoms. The fourth-order valence-electron chi connectivity index (χ4n) is 1.15. The molecule has 0 spiro atoms. The van der Waals surface area contributed by atoms with Crippen molar-refractivity contribution in [2.45, 2.75) is 18.9 Å². The van der Waals surface area contributed by atoms with Gasteiger partial charge in [-0.05, 0) is 12.8 Å². The van der Waals surface area contributed by atoms with Crippen LogP contribution in [0.1, 0.15) is 12.8 Å². The predicted molar refractivity (Wildman–Crippen MR) is 39.7 cm³/mol. The molecule has 1 aliphatic heterocycles. The zero-order valence-corrected chi connectivity index (χ0v) is 6.25. The van der Waals surface area contributed by atoms with Gasteiger partial charge in [-0.25, -0.2) is 5.53 Å². The molecule has 0 aromatic heterocycles. The summed E-state index contributed by atoms with van der Waals surface area (Å²) in [6, 6.07) is 0. The first kappa shape index (κ1) is 8.13. The summed E-state index contributed by atoms with van der Waals surface area (Å²) < 4.78 is 0. The lowest BCUT2D eigenvalue weighted by Gasteiger charge is -2.28. The first-order valence-electron chi connectivity index (χ1n) is 3.63. The summed E-state index contributed by atoms with van der Waals surface area (Å²) in [6.07, 6.45) is 1.13. The second-order valence-corrected chi connectivity index (χ2v) is 2.65. The third kappa shape index (κ3) is 1.98. The maximum Gasteiger partial charge on any atom is 0.237 e. The monoisotopic (exact) mass is 156 g/mol. The second-order valence-electron chi connectivity index (χ2n) is 2.65. The molecule has 5 heteroatoms. The molecule has 1 fully saturated rings. The van der Waals surface area contributed by atoms with Crippen molar-refractivity contribution < 1.29 is 5.11 Å². The second kappa shape index (κ2) is 3.43. The van der Waals surface area contributed by atoms with Crippen LogP contribution in [0.25, 0.3) is 0 Å². The third-order valence-electron chi connectivity index (χ3n) is 1.87. The van der Waals surface area contributed by atoms with Crippen LogP contribution in [0.5, 0.6) is 0 Å². The van der Waals surface area contributed by atoms with Crippen LogP contribution in [0.3, 0.4) is 0 Å². The topological polar surface area (TPSA) is 83.5 Å². The molecule has 0 aromatic rings. The van der Waals surface area contributed by atoms with E-state index in [1.54, 1.807) is 4.90 Å². The number of aliphatic hydroxyl groups is 1. The van der Waals surface area contributed by atoms with Gasteiger partial charge in [-0.15, -0.1) is 5.11 Å². The third-order valence-corrected chi connectivity index (χ3v) is 1.87. The van der Waals surface area contributed by atoms with E-state index >= 15 is 0 Å². The number of hydrogen-bond donors (Lipinski definition) is 3. The lowest BCUT2D eigenvalue weighted by atomic mass is 10.1. The van der Waals surface area contributed by atoms with E-state index in [2.05, 4.69) is 5.11 Å². The van der Waals surface area contributed by atoms with Gasteiger partial charge in [0, 0.05) is 13.1 Å². The van der Waals surface area contributed by atoms with Crippen LogP contribution in [0, 0.1) is 10.9 Å². The van der Waals surface area contributed by atoms with Crippen molar-refractivity contribution in [3.8, 4) is 0 Å². The molecule has 0 atom stereocenters. The van der Waals surface area contributed by atoms with Gasteiger partial charge in [0.25, 0.3) is 0 Å². The molecule has 0 amide bonds. The van der Waals surface area contributed by atoms with E-state index in [1.165, 1.54) is 0 Å². The lowest BCUT2D eigenvalue weighted by molar-refractivity contribution is 0.108. The minimum Gasteiger partial charge on any atom is -0.393 e. The average Bonchev–Trinajstić information content (AvgIpc) is 2.05. The molecule has 5 nitrogen and oxygen atoms in total. The molecular weight excluding hydrogens is 144 g/mol. The lowest BCUT2D eigenvalue weighted by Crippen LogP contribution is -2.38. The number of guanidine groups is 1. The van der Waals surface area contributed by atoms with E-state index in [-0.39, 0.29) is 12.1 Å². The van der Waals surface area contributed by atoms with Crippen LogP contribution in [0.15, 0.2) is 5.11 Å². The number of nitrogens with one attached hydrogen (secondary N) is 2. The highest BCUT2D eigenvalue weighted by Gasteiger charge is 2.18. The summed E-state index contributed by atoms with van der Waals surface area (Å²) >= 11 is 0. The molecule has 1 saturated heterocycles. The highest BCUT2D eigenvalue weighted by molar-refractivity contribution is 5.76. The zero-order valence-electron chi connectivity index (χ0n) is 6.25. The molecule has 11 heavy (non-hydrogen) atoms. The molecule has 0 radical (unpaired) electrons. The van der Waals surface area contributed by atoms with Gasteiger partial charge in [0.1, 0.15) is 0 Å². The normalized spacial score (nSPS) is 19.9. The first-order valence-corrected chi connectivity index (χ1v) is 3.63. The Bertz CT molecular complexity index is 162. The molecule has 1 rings (SSSR count). The molecule has 0 unspecified atom stereocenters. The molecule has 1 heterocycles. The number of hydrogen-bond acceptors (Lipinski definition) is 3. The summed E-state index contributed by atoms with van der Waals surface area (Å²) in [4.78, 5) is 1.69. The molecule has 3 N–H and O–H groups in total. The van der Waals surface area contributed by atoms with Gasteiger partial charge in [-0.2, -0.15) is 0 Å². The summed E-state index contributed by atoms with van der Waals surface area (Å²) in [6.45, 7) is 1.28. The number of piperidine rings is 1. The van der Waals surface area contributed by atoms with Crippen LogP contribution in [0.4, 0.5) is 0 Å². The first-order chi connectivity index (χ1) is 5.24. The summed E-state index contributed by atoms with van der Waals surface area (Å²) in [5.41, 5.74) is 6.59. The number of likely N-dealkylation sites (tertiary alicyclic amines) is 1. The Morgan fingerprint density at radius 1 is 1.45 bits per heavy atom. The van der Waals surface area contributed by atoms with Gasteiger partial charge in [-0.3, -0.25) is 5.41 Å². The largest absolute Gasteiger partial charge is 0.393 e. The molecule has 0 saturated carbocycles. The Labute approximate surface area is 65.0 Å². The predicted octanol–water partition coefficient (Wildman–Crippen LogP) is 0.409. The van der Waals surface area contributed by atoms with Gasteiger partial charge >= 0.3 is 0 Å². The minimum absolute atomic E-state index is 0.00287. The quantitative estimate of drug-likeness (QED) is 0.269. The maximum atomic E-state index is 9.11. The van der Waals surface area contributed by atoms with Crippen LogP contribution in [-0.4, -0.2) is 35.2 Å². The molecular formula is C6H12N4O. The highest BCUT2D eigenvalue weighted by Crippen LogP contribution is 2.09. The molecule has 0 aromatic carbocycles. The van der Waals surface area contributed by atoms with Crippen molar-refractivity contribution in [3.05, 3.63) is 0 Å². The Morgan fingerprint density at radius 2 is 2.00 bits per heavy atom. The Kier molecular flexibility index (Phi) is 2.53. The number of rotatable bonds is 0. The Hall–Kier alpha value is -0.970. The Balaban J connectivity index is 2.38. The van der Waals surface area contributed by atoms with Crippen molar-refractivity contribution in [1.82, 2.24) is 4.90 Å².